The van der Waals surface area contributed by atoms with Crippen molar-refractivity contribution in [3.8, 4) is 0 Å². The average Bonchev–Trinajstić information content (AvgIpc) is 2.42. The topological polar surface area (TPSA) is 101 Å². The molecular weight excluding hydrogens is 220 g/mol. The molecule has 1 fully saturated rings. The highest BCUT2D eigenvalue weighted by molar-refractivity contribution is 7.89. The number of rotatable bonds is 4. The van der Waals surface area contributed by atoms with Crippen molar-refractivity contribution in [1.29, 1.82) is 0 Å². The minimum atomic E-state index is -3.53. The molecule has 6 nitrogen and oxygen atoms in total. The summed E-state index contributed by atoms with van der Waals surface area (Å²) in [6.07, 6.45) is 0.195. The molecule has 1 amide bonds. The molecule has 0 aromatic carbocycles. The maximum atomic E-state index is 11.5. The number of aliphatic hydroxyl groups excluding tert-OH is 1. The minimum Gasteiger partial charge on any atom is -0.394 e. The number of sulfonamides is 1. The van der Waals surface area contributed by atoms with E-state index >= 15 is 0 Å². The van der Waals surface area contributed by atoms with Gasteiger partial charge in [-0.25, -0.2) is 13.6 Å². The van der Waals surface area contributed by atoms with Crippen LogP contribution in [0.1, 0.15) is 13.3 Å². The lowest BCUT2D eigenvalue weighted by atomic mass is 10.1. The summed E-state index contributed by atoms with van der Waals surface area (Å²) in [5.41, 5.74) is 0. The zero-order valence-corrected chi connectivity index (χ0v) is 9.40. The van der Waals surface area contributed by atoms with E-state index in [1.807, 2.05) is 0 Å². The van der Waals surface area contributed by atoms with Crippen LogP contribution in [0.2, 0.25) is 0 Å². The summed E-state index contributed by atoms with van der Waals surface area (Å²) < 4.78 is 21.7. The second-order valence-corrected chi connectivity index (χ2v) is 5.64. The molecular formula is C8H16N2O4S. The Bertz CT molecular complexity index is 341. The van der Waals surface area contributed by atoms with Gasteiger partial charge in [-0.1, -0.05) is 0 Å². The molecule has 0 aromatic heterocycles. The van der Waals surface area contributed by atoms with Crippen molar-refractivity contribution >= 4 is 15.9 Å². The Morgan fingerprint density at radius 3 is 2.73 bits per heavy atom. The number of amides is 1. The molecule has 7 heteroatoms. The lowest BCUT2D eigenvalue weighted by Crippen LogP contribution is -2.37. The molecule has 88 valence electrons. The first-order valence-electron chi connectivity index (χ1n) is 4.74. The molecule has 0 spiro atoms. The van der Waals surface area contributed by atoms with Gasteiger partial charge in [0.2, 0.25) is 15.9 Å². The molecule has 0 bridgehead atoms. The number of carbonyl (C=O) groups excluding carboxylic acids is 1. The van der Waals surface area contributed by atoms with Crippen LogP contribution in [-0.4, -0.2) is 49.3 Å². The smallest absolute Gasteiger partial charge is 0.223 e. The van der Waals surface area contributed by atoms with E-state index < -0.39 is 10.0 Å². The molecule has 1 heterocycles. The summed E-state index contributed by atoms with van der Waals surface area (Å²) in [5, 5.41) is 13.8. The fraction of sp³-hybridized carbons (Fsp3) is 0.875. The van der Waals surface area contributed by atoms with Crippen LogP contribution in [0.25, 0.3) is 0 Å². The van der Waals surface area contributed by atoms with Crippen molar-refractivity contribution in [2.75, 3.05) is 18.9 Å². The fourth-order valence-corrected chi connectivity index (χ4v) is 2.65. The van der Waals surface area contributed by atoms with Gasteiger partial charge in [-0.05, 0) is 6.92 Å². The summed E-state index contributed by atoms with van der Waals surface area (Å²) in [6, 6.07) is -0.261. The van der Waals surface area contributed by atoms with E-state index in [1.54, 1.807) is 6.92 Å². The maximum absolute atomic E-state index is 11.5. The van der Waals surface area contributed by atoms with Crippen LogP contribution in [-0.2, 0) is 14.8 Å². The SMILES string of the molecule is CC(CO)N1CC(CS(N)(=O)=O)CC1=O. The molecule has 0 radical (unpaired) electrons. The van der Waals surface area contributed by atoms with Crippen LogP contribution in [0.15, 0.2) is 0 Å². The fourth-order valence-electron chi connectivity index (χ4n) is 1.77. The van der Waals surface area contributed by atoms with Crippen molar-refractivity contribution in [1.82, 2.24) is 4.90 Å². The Morgan fingerprint density at radius 1 is 1.67 bits per heavy atom. The van der Waals surface area contributed by atoms with Crippen LogP contribution in [0.3, 0.4) is 0 Å². The standard InChI is InChI=1S/C8H16N2O4S/c1-6(4-11)10-3-7(2-8(10)12)5-15(9,13)14/h6-7,11H,2-5H2,1H3,(H2,9,13,14). The largest absolute Gasteiger partial charge is 0.394 e. The Morgan fingerprint density at radius 2 is 2.27 bits per heavy atom. The third-order valence-electron chi connectivity index (χ3n) is 2.50. The molecule has 2 atom stereocenters. The van der Waals surface area contributed by atoms with E-state index in [9.17, 15) is 13.2 Å². The van der Waals surface area contributed by atoms with Gasteiger partial charge >= 0.3 is 0 Å². The highest BCUT2D eigenvalue weighted by atomic mass is 32.2. The Kier molecular flexibility index (Phi) is 3.69. The van der Waals surface area contributed by atoms with Crippen LogP contribution >= 0.6 is 0 Å². The third-order valence-corrected chi connectivity index (χ3v) is 3.44. The van der Waals surface area contributed by atoms with Gasteiger partial charge in [0.05, 0.1) is 18.4 Å². The van der Waals surface area contributed by atoms with Crippen molar-refractivity contribution in [3.05, 3.63) is 0 Å². The second kappa shape index (κ2) is 4.46. The molecule has 0 saturated carbocycles. The summed E-state index contributed by atoms with van der Waals surface area (Å²) >= 11 is 0. The zero-order valence-electron chi connectivity index (χ0n) is 8.59. The van der Waals surface area contributed by atoms with Gasteiger partial charge in [-0.15, -0.1) is 0 Å². The minimum absolute atomic E-state index is 0.117. The van der Waals surface area contributed by atoms with Crippen molar-refractivity contribution in [3.63, 3.8) is 0 Å². The number of likely N-dealkylation sites (tertiary alicyclic amines) is 1. The average molecular weight is 236 g/mol. The number of nitrogens with zero attached hydrogens (tertiary/aromatic N) is 1. The van der Waals surface area contributed by atoms with Crippen LogP contribution in [0.4, 0.5) is 0 Å². The van der Waals surface area contributed by atoms with Crippen LogP contribution in [0, 0.1) is 5.92 Å². The van der Waals surface area contributed by atoms with Gasteiger partial charge in [0, 0.05) is 18.9 Å². The van der Waals surface area contributed by atoms with E-state index in [0.717, 1.165) is 0 Å². The molecule has 1 aliphatic rings. The number of hydrogen-bond acceptors (Lipinski definition) is 4. The summed E-state index contributed by atoms with van der Waals surface area (Å²) in [5.74, 6) is -0.542. The summed E-state index contributed by atoms with van der Waals surface area (Å²) in [6.45, 7) is 1.96. The number of primary sulfonamides is 1. The highest BCUT2D eigenvalue weighted by Gasteiger charge is 2.34. The first-order chi connectivity index (χ1) is 6.83. The van der Waals surface area contributed by atoms with Crippen LogP contribution in [0.5, 0.6) is 0 Å². The molecule has 0 aliphatic carbocycles. The van der Waals surface area contributed by atoms with Gasteiger partial charge in [0.25, 0.3) is 0 Å². The predicted octanol–water partition coefficient (Wildman–Crippen LogP) is -1.50. The molecule has 1 aliphatic heterocycles. The van der Waals surface area contributed by atoms with E-state index in [0.29, 0.717) is 6.54 Å². The first-order valence-corrected chi connectivity index (χ1v) is 6.46. The Hall–Kier alpha value is -0.660. The van der Waals surface area contributed by atoms with Gasteiger partial charge in [-0.2, -0.15) is 0 Å². The Labute approximate surface area is 89.1 Å². The quantitative estimate of drug-likeness (QED) is 0.620. The molecule has 2 unspecified atom stereocenters. The van der Waals surface area contributed by atoms with Gasteiger partial charge in [0.15, 0.2) is 0 Å². The first kappa shape index (κ1) is 12.4. The summed E-state index contributed by atoms with van der Waals surface area (Å²) in [7, 11) is -3.53. The normalized spacial score (nSPS) is 24.6. The van der Waals surface area contributed by atoms with Crippen LogP contribution < -0.4 is 5.14 Å². The highest BCUT2D eigenvalue weighted by Crippen LogP contribution is 2.20. The van der Waals surface area contributed by atoms with Crippen molar-refractivity contribution in [2.45, 2.75) is 19.4 Å². The third kappa shape index (κ3) is 3.44. The molecule has 3 N–H and O–H groups in total. The molecule has 1 rings (SSSR count). The number of carbonyl (C=O) groups is 1. The van der Waals surface area contributed by atoms with Crippen molar-refractivity contribution in [2.24, 2.45) is 11.1 Å². The van der Waals surface area contributed by atoms with E-state index in [1.165, 1.54) is 4.90 Å². The lowest BCUT2D eigenvalue weighted by molar-refractivity contribution is -0.130. The summed E-state index contributed by atoms with van der Waals surface area (Å²) in [4.78, 5) is 12.9. The zero-order chi connectivity index (χ0) is 11.6. The molecule has 1 saturated heterocycles. The predicted molar refractivity (Wildman–Crippen MR) is 54.3 cm³/mol. The molecule has 0 aromatic rings. The number of nitrogens with two attached hydrogens (primary N) is 1. The number of aliphatic hydroxyl groups is 1. The van der Waals surface area contributed by atoms with E-state index in [2.05, 4.69) is 0 Å². The van der Waals surface area contributed by atoms with Crippen molar-refractivity contribution < 1.29 is 18.3 Å². The Balaban J connectivity index is 2.60. The maximum Gasteiger partial charge on any atom is 0.223 e. The lowest BCUT2D eigenvalue weighted by Gasteiger charge is -2.22. The van der Waals surface area contributed by atoms with E-state index in [-0.39, 0.29) is 36.6 Å². The van der Waals surface area contributed by atoms with E-state index in [4.69, 9.17) is 10.2 Å². The second-order valence-electron chi connectivity index (χ2n) is 3.98. The van der Waals surface area contributed by atoms with Gasteiger partial charge in [0.1, 0.15) is 0 Å². The monoisotopic (exact) mass is 236 g/mol. The van der Waals surface area contributed by atoms with Gasteiger partial charge in [-0.3, -0.25) is 4.79 Å². The molecule has 15 heavy (non-hydrogen) atoms. The number of hydrogen-bond donors (Lipinski definition) is 2. The van der Waals surface area contributed by atoms with Gasteiger partial charge < -0.3 is 10.0 Å².